The molecule has 1 aromatic rings. The molecule has 9 heteroatoms. The predicted octanol–water partition coefficient (Wildman–Crippen LogP) is -0.0954. The Hall–Kier alpha value is -1.97. The molecule has 0 aliphatic carbocycles. The molecule has 0 atom stereocenters. The van der Waals surface area contributed by atoms with Crippen molar-refractivity contribution in [1.29, 1.82) is 0 Å². The molecular formula is C9H11NO7S. The highest BCUT2D eigenvalue weighted by molar-refractivity contribution is 7.86. The fourth-order valence-corrected chi connectivity index (χ4v) is 2.02. The molecule has 0 saturated carbocycles. The molecule has 0 aliphatic rings. The van der Waals surface area contributed by atoms with E-state index in [4.69, 9.17) is 14.8 Å². The summed E-state index contributed by atoms with van der Waals surface area (Å²) in [5.74, 6) is -3.29. The van der Waals surface area contributed by atoms with Gasteiger partial charge in [-0.15, -0.1) is 0 Å². The SMILES string of the molecule is CN.O=C(O)c1cccc(C(=O)O)c1S(=O)(=O)O. The van der Waals surface area contributed by atoms with Gasteiger partial charge in [0.2, 0.25) is 0 Å². The van der Waals surface area contributed by atoms with E-state index in [1.54, 1.807) is 0 Å². The molecule has 1 aromatic carbocycles. The Morgan fingerprint density at radius 3 is 1.61 bits per heavy atom. The molecule has 100 valence electrons. The first-order valence-electron chi connectivity index (χ1n) is 4.40. The topological polar surface area (TPSA) is 155 Å². The number of hydrogen-bond acceptors (Lipinski definition) is 5. The molecule has 0 amide bonds. The Labute approximate surface area is 102 Å². The van der Waals surface area contributed by atoms with Crippen LogP contribution in [0, 0.1) is 0 Å². The maximum atomic E-state index is 10.9. The molecule has 1 rings (SSSR count). The highest BCUT2D eigenvalue weighted by Crippen LogP contribution is 2.20. The summed E-state index contributed by atoms with van der Waals surface area (Å²) in [6.07, 6.45) is 0. The van der Waals surface area contributed by atoms with Crippen LogP contribution in [0.1, 0.15) is 20.7 Å². The molecule has 0 saturated heterocycles. The summed E-state index contributed by atoms with van der Waals surface area (Å²) < 4.78 is 30.6. The van der Waals surface area contributed by atoms with Crippen LogP contribution in [0.3, 0.4) is 0 Å². The van der Waals surface area contributed by atoms with Crippen LogP contribution in [0.5, 0.6) is 0 Å². The lowest BCUT2D eigenvalue weighted by Crippen LogP contribution is -2.14. The zero-order valence-electron chi connectivity index (χ0n) is 9.19. The molecule has 0 radical (unpaired) electrons. The van der Waals surface area contributed by atoms with Gasteiger partial charge in [-0.25, -0.2) is 9.59 Å². The molecule has 0 spiro atoms. The van der Waals surface area contributed by atoms with Crippen molar-refractivity contribution in [2.24, 2.45) is 5.73 Å². The quantitative estimate of drug-likeness (QED) is 0.558. The van der Waals surface area contributed by atoms with E-state index in [9.17, 15) is 18.0 Å². The Morgan fingerprint density at radius 1 is 1.06 bits per heavy atom. The molecule has 0 fully saturated rings. The highest BCUT2D eigenvalue weighted by atomic mass is 32.2. The average Bonchev–Trinajstić information content (AvgIpc) is 2.29. The third-order valence-electron chi connectivity index (χ3n) is 1.73. The second-order valence-electron chi connectivity index (χ2n) is 2.77. The number of carboxylic acids is 2. The number of nitrogens with two attached hydrogens (primary N) is 1. The van der Waals surface area contributed by atoms with Gasteiger partial charge in [-0.05, 0) is 19.2 Å². The number of hydrogen-bond donors (Lipinski definition) is 4. The minimum Gasteiger partial charge on any atom is -0.478 e. The van der Waals surface area contributed by atoms with Crippen molar-refractivity contribution in [2.75, 3.05) is 7.05 Å². The molecule has 5 N–H and O–H groups in total. The van der Waals surface area contributed by atoms with Crippen LogP contribution >= 0.6 is 0 Å². The van der Waals surface area contributed by atoms with Crippen LogP contribution < -0.4 is 5.73 Å². The molecule has 0 aromatic heterocycles. The molecule has 0 aliphatic heterocycles. The standard InChI is InChI=1S/C8H6O7S.CH5N/c9-7(10)4-2-1-3-5(8(11)12)6(4)16(13,14)15;1-2/h1-3H,(H,9,10)(H,11,12)(H,13,14,15);2H2,1H3. The second kappa shape index (κ2) is 6.10. The number of carboxylic acid groups (broad SMARTS) is 2. The molecule has 0 heterocycles. The van der Waals surface area contributed by atoms with E-state index in [0.717, 1.165) is 18.2 Å². The van der Waals surface area contributed by atoms with Crippen molar-refractivity contribution in [1.82, 2.24) is 0 Å². The van der Waals surface area contributed by atoms with Crippen molar-refractivity contribution in [3.63, 3.8) is 0 Å². The maximum Gasteiger partial charge on any atom is 0.337 e. The summed E-state index contributed by atoms with van der Waals surface area (Å²) >= 11 is 0. The first-order chi connectivity index (χ1) is 8.25. The third kappa shape index (κ3) is 3.52. The van der Waals surface area contributed by atoms with Crippen molar-refractivity contribution in [2.45, 2.75) is 4.90 Å². The minimum absolute atomic E-state index is 0.789. The van der Waals surface area contributed by atoms with E-state index < -0.39 is 38.1 Å². The fourth-order valence-electron chi connectivity index (χ4n) is 1.15. The van der Waals surface area contributed by atoms with E-state index in [-0.39, 0.29) is 0 Å². The summed E-state index contributed by atoms with van der Waals surface area (Å²) in [5.41, 5.74) is 2.92. The Kier molecular flexibility index (Phi) is 5.43. The zero-order valence-corrected chi connectivity index (χ0v) is 10.0. The molecule has 18 heavy (non-hydrogen) atoms. The summed E-state index contributed by atoms with van der Waals surface area (Å²) in [5, 5.41) is 17.3. The average molecular weight is 277 g/mol. The normalized spacial score (nSPS) is 10.2. The van der Waals surface area contributed by atoms with E-state index in [1.807, 2.05) is 0 Å². The largest absolute Gasteiger partial charge is 0.478 e. The van der Waals surface area contributed by atoms with Crippen LogP contribution in [0.4, 0.5) is 0 Å². The van der Waals surface area contributed by atoms with Crippen molar-refractivity contribution >= 4 is 22.1 Å². The number of rotatable bonds is 3. The number of benzene rings is 1. The summed E-state index contributed by atoms with van der Waals surface area (Å²) in [6.45, 7) is 0. The monoisotopic (exact) mass is 277 g/mol. The van der Waals surface area contributed by atoms with E-state index in [2.05, 4.69) is 5.73 Å². The summed E-state index contributed by atoms with van der Waals surface area (Å²) in [7, 11) is -3.42. The van der Waals surface area contributed by atoms with Crippen LogP contribution in [0.25, 0.3) is 0 Å². The van der Waals surface area contributed by atoms with E-state index >= 15 is 0 Å². The number of aromatic carboxylic acids is 2. The van der Waals surface area contributed by atoms with E-state index in [0.29, 0.717) is 0 Å². The van der Waals surface area contributed by atoms with Crippen LogP contribution in [-0.2, 0) is 10.1 Å². The molecule has 0 bridgehead atoms. The minimum atomic E-state index is -4.92. The van der Waals surface area contributed by atoms with Gasteiger partial charge in [-0.1, -0.05) is 6.07 Å². The molecule has 0 unspecified atom stereocenters. The van der Waals surface area contributed by atoms with Gasteiger partial charge < -0.3 is 15.9 Å². The van der Waals surface area contributed by atoms with Crippen molar-refractivity contribution < 1.29 is 32.8 Å². The first kappa shape index (κ1) is 16.0. The third-order valence-corrected chi connectivity index (χ3v) is 2.69. The smallest absolute Gasteiger partial charge is 0.337 e. The van der Waals surface area contributed by atoms with Gasteiger partial charge in [0, 0.05) is 0 Å². The zero-order chi connectivity index (χ0) is 14.5. The highest BCUT2D eigenvalue weighted by Gasteiger charge is 2.26. The molecule has 8 nitrogen and oxygen atoms in total. The lowest BCUT2D eigenvalue weighted by molar-refractivity contribution is 0.0688. The lowest BCUT2D eigenvalue weighted by Gasteiger charge is -2.05. The maximum absolute atomic E-state index is 10.9. The number of carbonyl (C=O) groups is 2. The van der Waals surface area contributed by atoms with Gasteiger partial charge in [-0.3, -0.25) is 4.55 Å². The fraction of sp³-hybridized carbons (Fsp3) is 0.111. The van der Waals surface area contributed by atoms with Crippen molar-refractivity contribution in [3.8, 4) is 0 Å². The Balaban J connectivity index is 0.00000137. The second-order valence-corrected chi connectivity index (χ2v) is 4.13. The van der Waals surface area contributed by atoms with Gasteiger partial charge >= 0.3 is 11.9 Å². The van der Waals surface area contributed by atoms with Gasteiger partial charge in [-0.2, -0.15) is 8.42 Å². The van der Waals surface area contributed by atoms with Gasteiger partial charge in [0.15, 0.2) is 0 Å². The summed E-state index contributed by atoms with van der Waals surface area (Å²) in [6, 6.07) is 2.84. The van der Waals surface area contributed by atoms with E-state index in [1.165, 1.54) is 7.05 Å². The van der Waals surface area contributed by atoms with Crippen LogP contribution in [0.2, 0.25) is 0 Å². The van der Waals surface area contributed by atoms with Crippen LogP contribution in [0.15, 0.2) is 23.1 Å². The Morgan fingerprint density at radius 2 is 1.39 bits per heavy atom. The van der Waals surface area contributed by atoms with Crippen LogP contribution in [-0.4, -0.2) is 42.2 Å². The van der Waals surface area contributed by atoms with Crippen molar-refractivity contribution in [3.05, 3.63) is 29.3 Å². The lowest BCUT2D eigenvalue weighted by atomic mass is 10.1. The predicted molar refractivity (Wildman–Crippen MR) is 60.3 cm³/mol. The summed E-state index contributed by atoms with van der Waals surface area (Å²) in [4.78, 5) is 20.2. The molecular weight excluding hydrogens is 266 g/mol. The van der Waals surface area contributed by atoms with Gasteiger partial charge in [0.05, 0.1) is 11.1 Å². The first-order valence-corrected chi connectivity index (χ1v) is 5.84. The van der Waals surface area contributed by atoms with Gasteiger partial charge in [0.1, 0.15) is 4.90 Å². The van der Waals surface area contributed by atoms with Gasteiger partial charge in [0.25, 0.3) is 10.1 Å². The Bertz CT molecular complexity index is 532.